The quantitative estimate of drug-likeness (QED) is 0.767. The summed E-state index contributed by atoms with van der Waals surface area (Å²) in [4.78, 5) is 10.9. The Bertz CT molecular complexity index is 325. The third-order valence-electron chi connectivity index (χ3n) is 1.58. The minimum Gasteiger partial charge on any atom is -0.469 e. The third-order valence-corrected chi connectivity index (χ3v) is 2.55. The minimum absolute atomic E-state index is 0.258. The fourth-order valence-corrected chi connectivity index (χ4v) is 1.72. The summed E-state index contributed by atoms with van der Waals surface area (Å²) in [7, 11) is 1.37. The predicted molar refractivity (Wildman–Crippen MR) is 54.9 cm³/mol. The van der Waals surface area contributed by atoms with E-state index in [1.807, 2.05) is 0 Å². The number of hydrogen-bond donors (Lipinski definition) is 0. The first-order valence-corrected chi connectivity index (χ1v) is 4.81. The summed E-state index contributed by atoms with van der Waals surface area (Å²) in [6, 6.07) is 5.29. The second-order valence-electron chi connectivity index (χ2n) is 2.49. The van der Waals surface area contributed by atoms with Gasteiger partial charge in [0.15, 0.2) is 0 Å². The number of rotatable bonds is 2. The van der Waals surface area contributed by atoms with Crippen molar-refractivity contribution in [3.05, 3.63) is 33.3 Å². The average molecular weight is 264 g/mol. The number of carbonyl (C=O) groups excluding carboxylic acids is 1. The van der Waals surface area contributed by atoms with E-state index in [1.54, 1.807) is 18.2 Å². The lowest BCUT2D eigenvalue weighted by Gasteiger charge is -2.02. The fraction of sp³-hybridized carbons (Fsp3) is 0.222. The summed E-state index contributed by atoms with van der Waals surface area (Å²) >= 11 is 9.05. The van der Waals surface area contributed by atoms with Gasteiger partial charge in [0.25, 0.3) is 0 Å². The molecule has 0 aromatic heterocycles. The van der Waals surface area contributed by atoms with Crippen LogP contribution in [-0.4, -0.2) is 13.1 Å². The van der Waals surface area contributed by atoms with Crippen LogP contribution in [0.1, 0.15) is 5.56 Å². The lowest BCUT2D eigenvalue weighted by molar-refractivity contribution is -0.139. The van der Waals surface area contributed by atoms with Crippen LogP contribution in [0.4, 0.5) is 0 Å². The van der Waals surface area contributed by atoms with Crippen LogP contribution in [0.15, 0.2) is 22.7 Å². The van der Waals surface area contributed by atoms with Crippen molar-refractivity contribution in [1.82, 2.24) is 0 Å². The number of halogens is 2. The van der Waals surface area contributed by atoms with Gasteiger partial charge in [0.2, 0.25) is 0 Å². The third kappa shape index (κ3) is 3.01. The average Bonchev–Trinajstić information content (AvgIpc) is 2.09. The highest BCUT2D eigenvalue weighted by Crippen LogP contribution is 2.21. The molecule has 0 N–H and O–H groups in total. The van der Waals surface area contributed by atoms with Crippen molar-refractivity contribution in [2.45, 2.75) is 6.42 Å². The van der Waals surface area contributed by atoms with Gasteiger partial charge >= 0.3 is 5.97 Å². The van der Waals surface area contributed by atoms with Crippen molar-refractivity contribution < 1.29 is 9.53 Å². The smallest absolute Gasteiger partial charge is 0.310 e. The molecule has 0 aliphatic heterocycles. The Morgan fingerprint density at radius 2 is 2.31 bits per heavy atom. The van der Waals surface area contributed by atoms with Crippen molar-refractivity contribution in [3.8, 4) is 0 Å². The molecule has 0 amide bonds. The number of benzene rings is 1. The van der Waals surface area contributed by atoms with E-state index in [2.05, 4.69) is 20.7 Å². The van der Waals surface area contributed by atoms with Crippen LogP contribution >= 0.6 is 27.5 Å². The summed E-state index contributed by atoms with van der Waals surface area (Å²) < 4.78 is 5.37. The zero-order valence-electron chi connectivity index (χ0n) is 7.01. The molecule has 0 radical (unpaired) electrons. The molecule has 0 unspecified atom stereocenters. The van der Waals surface area contributed by atoms with Crippen molar-refractivity contribution in [2.24, 2.45) is 0 Å². The van der Waals surface area contributed by atoms with Crippen LogP contribution < -0.4 is 0 Å². The van der Waals surface area contributed by atoms with E-state index >= 15 is 0 Å². The van der Waals surface area contributed by atoms with Crippen LogP contribution in [0.2, 0.25) is 5.02 Å². The number of ether oxygens (including phenoxy) is 1. The molecule has 70 valence electrons. The first-order chi connectivity index (χ1) is 6.13. The summed E-state index contributed by atoms with van der Waals surface area (Å²) in [5.41, 5.74) is 0.872. The molecule has 0 bridgehead atoms. The van der Waals surface area contributed by atoms with Crippen LogP contribution in [0.25, 0.3) is 0 Å². The molecule has 0 spiro atoms. The molecule has 13 heavy (non-hydrogen) atoms. The molecule has 0 heterocycles. The molecule has 4 heteroatoms. The van der Waals surface area contributed by atoms with Gasteiger partial charge in [-0.25, -0.2) is 0 Å². The molecule has 0 aliphatic rings. The first-order valence-electron chi connectivity index (χ1n) is 3.64. The fourth-order valence-electron chi connectivity index (χ4n) is 0.893. The molecule has 1 aromatic carbocycles. The molecular weight excluding hydrogens is 255 g/mol. The molecule has 1 aromatic rings. The Hall–Kier alpha value is -0.540. The monoisotopic (exact) mass is 262 g/mol. The van der Waals surface area contributed by atoms with Crippen molar-refractivity contribution in [3.63, 3.8) is 0 Å². The molecule has 0 atom stereocenters. The Balaban J connectivity index is 2.83. The van der Waals surface area contributed by atoms with Gasteiger partial charge in [0, 0.05) is 9.50 Å². The second kappa shape index (κ2) is 4.63. The topological polar surface area (TPSA) is 26.3 Å². The molecule has 1 rings (SSSR count). The molecule has 2 nitrogen and oxygen atoms in total. The Kier molecular flexibility index (Phi) is 3.75. The highest BCUT2D eigenvalue weighted by Gasteiger charge is 2.06. The zero-order valence-corrected chi connectivity index (χ0v) is 9.35. The Morgan fingerprint density at radius 1 is 1.62 bits per heavy atom. The van der Waals surface area contributed by atoms with E-state index in [0.717, 1.165) is 10.0 Å². The maximum absolute atomic E-state index is 10.9. The molecule has 0 aliphatic carbocycles. The van der Waals surface area contributed by atoms with Gasteiger partial charge < -0.3 is 4.74 Å². The second-order valence-corrected chi connectivity index (χ2v) is 3.78. The van der Waals surface area contributed by atoms with Gasteiger partial charge in [0.05, 0.1) is 13.5 Å². The van der Waals surface area contributed by atoms with E-state index in [-0.39, 0.29) is 12.4 Å². The normalized spacial score (nSPS) is 9.77. The lowest BCUT2D eigenvalue weighted by Crippen LogP contribution is -2.04. The Morgan fingerprint density at radius 3 is 2.85 bits per heavy atom. The van der Waals surface area contributed by atoms with E-state index in [0.29, 0.717) is 5.02 Å². The highest BCUT2D eigenvalue weighted by atomic mass is 79.9. The molecule has 0 fully saturated rings. The maximum atomic E-state index is 10.9. The van der Waals surface area contributed by atoms with E-state index < -0.39 is 0 Å². The maximum Gasteiger partial charge on any atom is 0.310 e. The van der Waals surface area contributed by atoms with Gasteiger partial charge in [-0.3, -0.25) is 4.79 Å². The van der Waals surface area contributed by atoms with Gasteiger partial charge in [-0.2, -0.15) is 0 Å². The first kappa shape index (κ1) is 10.5. The highest BCUT2D eigenvalue weighted by molar-refractivity contribution is 9.10. The Labute approximate surface area is 90.0 Å². The molecular formula is C9H8BrClO2. The van der Waals surface area contributed by atoms with E-state index in [9.17, 15) is 4.79 Å². The SMILES string of the molecule is COC(=O)Cc1ccc(Cl)cc1Br. The van der Waals surface area contributed by atoms with Crippen molar-refractivity contribution >= 4 is 33.5 Å². The summed E-state index contributed by atoms with van der Waals surface area (Å²) in [5, 5.41) is 0.639. The van der Waals surface area contributed by atoms with Crippen molar-refractivity contribution in [2.75, 3.05) is 7.11 Å². The largest absolute Gasteiger partial charge is 0.469 e. The van der Waals surface area contributed by atoms with Crippen LogP contribution in [0.3, 0.4) is 0 Å². The minimum atomic E-state index is -0.261. The summed E-state index contributed by atoms with van der Waals surface area (Å²) in [6.45, 7) is 0. The van der Waals surface area contributed by atoms with E-state index in [4.69, 9.17) is 11.6 Å². The predicted octanol–water partition coefficient (Wildman–Crippen LogP) is 2.82. The number of esters is 1. The van der Waals surface area contributed by atoms with E-state index in [1.165, 1.54) is 7.11 Å². The summed E-state index contributed by atoms with van der Waals surface area (Å²) in [5.74, 6) is -0.261. The summed E-state index contributed by atoms with van der Waals surface area (Å²) in [6.07, 6.45) is 0.258. The molecule has 0 saturated carbocycles. The van der Waals surface area contributed by atoms with Gasteiger partial charge in [-0.1, -0.05) is 33.6 Å². The molecule has 0 saturated heterocycles. The number of methoxy groups -OCH3 is 1. The van der Waals surface area contributed by atoms with Crippen molar-refractivity contribution in [1.29, 1.82) is 0 Å². The van der Waals surface area contributed by atoms with Crippen LogP contribution in [-0.2, 0) is 16.0 Å². The van der Waals surface area contributed by atoms with Gasteiger partial charge in [0.1, 0.15) is 0 Å². The number of hydrogen-bond acceptors (Lipinski definition) is 2. The van der Waals surface area contributed by atoms with Crippen LogP contribution in [0.5, 0.6) is 0 Å². The lowest BCUT2D eigenvalue weighted by atomic mass is 10.1. The zero-order chi connectivity index (χ0) is 9.84. The van der Waals surface area contributed by atoms with Gasteiger partial charge in [-0.05, 0) is 17.7 Å². The van der Waals surface area contributed by atoms with Gasteiger partial charge in [-0.15, -0.1) is 0 Å². The standard InChI is InChI=1S/C9H8BrClO2/c1-13-9(12)4-6-2-3-7(11)5-8(6)10/h2-3,5H,4H2,1H3. The van der Waals surface area contributed by atoms with Crippen LogP contribution in [0, 0.1) is 0 Å². The number of carbonyl (C=O) groups is 1.